The van der Waals surface area contributed by atoms with Crippen LogP contribution in [0.2, 0.25) is 0 Å². The number of pyridine rings is 1. The zero-order valence-electron chi connectivity index (χ0n) is 10.9. The molecule has 4 heteroatoms. The van der Waals surface area contributed by atoms with Crippen molar-refractivity contribution >= 4 is 22.7 Å². The average Bonchev–Trinajstić information content (AvgIpc) is 2.38. The fraction of sp³-hybridized carbons (Fsp3) is 0.357. The van der Waals surface area contributed by atoms with E-state index in [1.165, 1.54) is 11.8 Å². The zero-order chi connectivity index (χ0) is 13.1. The van der Waals surface area contributed by atoms with E-state index in [0.29, 0.717) is 0 Å². The van der Waals surface area contributed by atoms with Crippen molar-refractivity contribution in [3.63, 3.8) is 0 Å². The van der Waals surface area contributed by atoms with Crippen LogP contribution in [0.4, 0.5) is 0 Å². The predicted octanol–water partition coefficient (Wildman–Crippen LogP) is 3.21. The topological polar surface area (TPSA) is 42.1 Å². The number of hydrogen-bond donors (Lipinski definition) is 1. The van der Waals surface area contributed by atoms with Gasteiger partial charge in [-0.15, -0.1) is 11.8 Å². The van der Waals surface area contributed by atoms with Crippen molar-refractivity contribution in [1.82, 2.24) is 4.98 Å². The molecule has 0 aliphatic heterocycles. The second-order valence-electron chi connectivity index (χ2n) is 4.16. The van der Waals surface area contributed by atoms with Crippen molar-refractivity contribution in [2.24, 2.45) is 0 Å². The van der Waals surface area contributed by atoms with Crippen molar-refractivity contribution in [3.05, 3.63) is 34.0 Å². The first-order valence-corrected chi connectivity index (χ1v) is 7.20. The van der Waals surface area contributed by atoms with Gasteiger partial charge in [-0.05, 0) is 24.3 Å². The summed E-state index contributed by atoms with van der Waals surface area (Å²) in [5.41, 5.74) is 1.99. The molecule has 2 rings (SSSR count). The second kappa shape index (κ2) is 5.48. The number of fused-ring (bicyclic) bond motifs is 1. The summed E-state index contributed by atoms with van der Waals surface area (Å²) in [6.45, 7) is 2.12. The molecule has 0 amide bonds. The average molecular weight is 263 g/mol. The van der Waals surface area contributed by atoms with Gasteiger partial charge in [0.15, 0.2) is 5.43 Å². The summed E-state index contributed by atoms with van der Waals surface area (Å²) in [6, 6.07) is 5.51. The zero-order valence-corrected chi connectivity index (χ0v) is 11.7. The molecule has 3 nitrogen and oxygen atoms in total. The van der Waals surface area contributed by atoms with Crippen LogP contribution < -0.4 is 10.2 Å². The third-order valence-corrected chi connectivity index (χ3v) is 3.61. The lowest BCUT2D eigenvalue weighted by atomic mass is 10.1. The van der Waals surface area contributed by atoms with Gasteiger partial charge in [-0.1, -0.05) is 13.3 Å². The van der Waals surface area contributed by atoms with Gasteiger partial charge in [-0.25, -0.2) is 0 Å². The Labute approximate surface area is 111 Å². The lowest BCUT2D eigenvalue weighted by Gasteiger charge is -2.10. The van der Waals surface area contributed by atoms with Crippen LogP contribution in [0.1, 0.15) is 18.9 Å². The first kappa shape index (κ1) is 13.0. The number of aromatic nitrogens is 1. The first-order valence-electron chi connectivity index (χ1n) is 5.97. The van der Waals surface area contributed by atoms with E-state index in [4.69, 9.17) is 4.74 Å². The molecule has 0 atom stereocenters. The summed E-state index contributed by atoms with van der Waals surface area (Å²) < 4.78 is 5.39. The van der Waals surface area contributed by atoms with Crippen molar-refractivity contribution in [2.75, 3.05) is 13.4 Å². The fourth-order valence-electron chi connectivity index (χ4n) is 2.06. The van der Waals surface area contributed by atoms with Crippen molar-refractivity contribution in [1.29, 1.82) is 0 Å². The van der Waals surface area contributed by atoms with Gasteiger partial charge in [0, 0.05) is 17.5 Å². The van der Waals surface area contributed by atoms with E-state index in [-0.39, 0.29) is 5.43 Å². The first-order chi connectivity index (χ1) is 8.69. The summed E-state index contributed by atoms with van der Waals surface area (Å²) in [5.74, 6) is 0.846. The largest absolute Gasteiger partial charge is 0.496 e. The number of hydrogen-bond acceptors (Lipinski definition) is 3. The summed E-state index contributed by atoms with van der Waals surface area (Å²) >= 11 is 1.53. The molecule has 2 aromatic rings. The third-order valence-electron chi connectivity index (χ3n) is 2.95. The maximum absolute atomic E-state index is 12.0. The highest BCUT2D eigenvalue weighted by Crippen LogP contribution is 2.25. The lowest BCUT2D eigenvalue weighted by Crippen LogP contribution is -2.04. The highest BCUT2D eigenvalue weighted by atomic mass is 32.2. The quantitative estimate of drug-likeness (QED) is 0.861. The number of rotatable bonds is 4. The van der Waals surface area contributed by atoms with Gasteiger partial charge in [0.25, 0.3) is 0 Å². The number of H-pyrrole nitrogens is 1. The van der Waals surface area contributed by atoms with Crippen molar-refractivity contribution in [2.45, 2.75) is 24.8 Å². The molecule has 96 valence electrons. The molecule has 1 aromatic carbocycles. The van der Waals surface area contributed by atoms with E-state index in [9.17, 15) is 4.79 Å². The smallest absolute Gasteiger partial charge is 0.190 e. The molecule has 0 saturated heterocycles. The number of nitrogens with one attached hydrogen (secondary N) is 1. The summed E-state index contributed by atoms with van der Waals surface area (Å²) in [5, 5.41) is 1.61. The Morgan fingerprint density at radius 1 is 1.33 bits per heavy atom. The monoisotopic (exact) mass is 263 g/mol. The number of aromatic amines is 1. The predicted molar refractivity (Wildman–Crippen MR) is 76.9 cm³/mol. The highest BCUT2D eigenvalue weighted by molar-refractivity contribution is 7.98. The molecule has 0 radical (unpaired) electrons. The van der Waals surface area contributed by atoms with E-state index in [1.807, 2.05) is 18.4 Å². The van der Waals surface area contributed by atoms with Crippen LogP contribution in [-0.2, 0) is 6.42 Å². The Morgan fingerprint density at radius 2 is 2.11 bits per heavy atom. The van der Waals surface area contributed by atoms with Gasteiger partial charge >= 0.3 is 0 Å². The highest BCUT2D eigenvalue weighted by Gasteiger charge is 2.08. The van der Waals surface area contributed by atoms with Gasteiger partial charge in [0.05, 0.1) is 17.7 Å². The second-order valence-corrected chi connectivity index (χ2v) is 5.01. The minimum Gasteiger partial charge on any atom is -0.496 e. The molecule has 0 aliphatic carbocycles. The van der Waals surface area contributed by atoms with Crippen LogP contribution in [-0.4, -0.2) is 18.3 Å². The van der Waals surface area contributed by atoms with E-state index in [2.05, 4.69) is 11.9 Å². The van der Waals surface area contributed by atoms with Crippen molar-refractivity contribution < 1.29 is 4.74 Å². The molecular weight excluding hydrogens is 246 g/mol. The van der Waals surface area contributed by atoms with Crippen LogP contribution >= 0.6 is 11.8 Å². The van der Waals surface area contributed by atoms with E-state index >= 15 is 0 Å². The van der Waals surface area contributed by atoms with Crippen LogP contribution in [0.25, 0.3) is 10.9 Å². The Morgan fingerprint density at radius 3 is 2.72 bits per heavy atom. The Kier molecular flexibility index (Phi) is 3.97. The lowest BCUT2D eigenvalue weighted by molar-refractivity contribution is 0.410. The molecule has 0 unspecified atom stereocenters. The van der Waals surface area contributed by atoms with Crippen LogP contribution in [0.5, 0.6) is 5.75 Å². The number of ether oxygens (including phenoxy) is 1. The van der Waals surface area contributed by atoms with Gasteiger partial charge in [0.2, 0.25) is 0 Å². The molecule has 1 N–H and O–H groups in total. The number of thioether (sulfide) groups is 1. The van der Waals surface area contributed by atoms with E-state index in [1.54, 1.807) is 13.2 Å². The maximum atomic E-state index is 12.0. The van der Waals surface area contributed by atoms with Crippen LogP contribution in [0, 0.1) is 0 Å². The Hall–Kier alpha value is -1.42. The van der Waals surface area contributed by atoms with Crippen LogP contribution in [0.15, 0.2) is 28.0 Å². The van der Waals surface area contributed by atoms with Gasteiger partial charge in [0.1, 0.15) is 5.75 Å². The van der Waals surface area contributed by atoms with Crippen LogP contribution in [0.3, 0.4) is 0 Å². The molecule has 18 heavy (non-hydrogen) atoms. The minimum absolute atomic E-state index is 0.0631. The number of benzene rings is 1. The molecule has 1 heterocycles. The fourth-order valence-corrected chi connectivity index (χ4v) is 2.50. The number of aryl methyl sites for hydroxylation is 1. The molecule has 0 fully saturated rings. The normalized spacial score (nSPS) is 10.8. The molecular formula is C14H17NO2S. The summed E-state index contributed by atoms with van der Waals surface area (Å²) in [4.78, 5) is 15.3. The molecule has 0 saturated carbocycles. The molecule has 1 aromatic heterocycles. The summed E-state index contributed by atoms with van der Waals surface area (Å²) in [7, 11) is 1.66. The Balaban J connectivity index is 2.70. The third kappa shape index (κ3) is 2.38. The minimum atomic E-state index is 0.0631. The van der Waals surface area contributed by atoms with Gasteiger partial charge in [-0.2, -0.15) is 0 Å². The Bertz CT molecular complexity index is 619. The van der Waals surface area contributed by atoms with Gasteiger partial charge < -0.3 is 9.72 Å². The number of methoxy groups -OCH3 is 1. The van der Waals surface area contributed by atoms with E-state index in [0.717, 1.165) is 40.1 Å². The molecule has 0 aliphatic rings. The maximum Gasteiger partial charge on any atom is 0.190 e. The standard InChI is InChI=1S/C14H17NO2S/c1-4-5-9-6-10-11(7-13(9)17-2)15-14(18-3)8-12(10)16/h6-8H,4-5H2,1-3H3,(H,15,16). The molecule has 0 bridgehead atoms. The summed E-state index contributed by atoms with van der Waals surface area (Å²) in [6.07, 6.45) is 3.89. The van der Waals surface area contributed by atoms with Gasteiger partial charge in [-0.3, -0.25) is 4.79 Å². The SMILES string of the molecule is CCCc1cc2c(=O)cc(SC)[nH]c2cc1OC. The van der Waals surface area contributed by atoms with Crippen molar-refractivity contribution in [3.8, 4) is 5.75 Å². The van der Waals surface area contributed by atoms with E-state index < -0.39 is 0 Å². The molecule has 0 spiro atoms.